The van der Waals surface area contributed by atoms with Crippen molar-refractivity contribution < 1.29 is 22.3 Å². The highest BCUT2D eigenvalue weighted by molar-refractivity contribution is 7.90. The Morgan fingerprint density at radius 2 is 2.10 bits per heavy atom. The molecule has 1 aromatic heterocycles. The molecule has 1 unspecified atom stereocenters. The zero-order valence-electron chi connectivity index (χ0n) is 21.9. The minimum atomic E-state index is -4.00. The van der Waals surface area contributed by atoms with Crippen LogP contribution in [0.4, 0.5) is 10.1 Å². The van der Waals surface area contributed by atoms with Crippen LogP contribution in [0.15, 0.2) is 35.4 Å². The molecule has 40 heavy (non-hydrogen) atoms. The SMILES string of the molecule is CCN(C)S(=O)(=O)Nc1ccc(F)c(Oc2ccc3ncn(C4COC5(CCNCC5)C4)c(=O)c3c2Cl)c1C#N. The number of nitrogens with zero attached hydrogens (tertiary/aromatic N) is 4. The number of anilines is 1. The summed E-state index contributed by atoms with van der Waals surface area (Å²) in [5.74, 6) is -1.55. The van der Waals surface area contributed by atoms with Gasteiger partial charge in [0, 0.05) is 13.6 Å². The number of fused-ring (bicyclic) bond motifs is 1. The molecule has 1 atom stereocenters. The first kappa shape index (κ1) is 28.3. The van der Waals surface area contributed by atoms with Crippen LogP contribution in [-0.2, 0) is 14.9 Å². The zero-order chi connectivity index (χ0) is 28.7. The second kappa shape index (κ2) is 10.9. The van der Waals surface area contributed by atoms with Crippen molar-refractivity contribution in [1.29, 1.82) is 5.26 Å². The van der Waals surface area contributed by atoms with Gasteiger partial charge in [0.05, 0.1) is 46.2 Å². The standard InChI is InChI=1S/C26H28ClFN6O5S/c1-3-33(2)40(36,37)32-19-5-4-18(28)24(17(19)13-29)39-21-7-6-20-22(23(21)27)25(35)34(15-31-20)16-12-26(38-14-16)8-10-30-11-9-26/h4-7,15-16,30,32H,3,8-12,14H2,1-2H3. The van der Waals surface area contributed by atoms with Gasteiger partial charge in [0.1, 0.15) is 17.4 Å². The first-order valence-electron chi connectivity index (χ1n) is 12.8. The molecule has 2 aliphatic rings. The Bertz CT molecular complexity index is 1670. The van der Waals surface area contributed by atoms with Gasteiger partial charge in [-0.05, 0) is 56.6 Å². The maximum absolute atomic E-state index is 14.9. The lowest BCUT2D eigenvalue weighted by molar-refractivity contribution is -0.0196. The molecule has 0 aliphatic carbocycles. The van der Waals surface area contributed by atoms with Gasteiger partial charge in [0.25, 0.3) is 5.56 Å². The van der Waals surface area contributed by atoms with E-state index >= 15 is 0 Å². The summed E-state index contributed by atoms with van der Waals surface area (Å²) in [5.41, 5.74) is -0.913. The molecule has 1 spiro atoms. The molecule has 2 saturated heterocycles. The van der Waals surface area contributed by atoms with Gasteiger partial charge in [0.15, 0.2) is 11.6 Å². The zero-order valence-corrected chi connectivity index (χ0v) is 23.5. The topological polar surface area (TPSA) is 139 Å². The molecule has 3 aromatic rings. The van der Waals surface area contributed by atoms with Crippen LogP contribution in [0.2, 0.25) is 5.02 Å². The van der Waals surface area contributed by atoms with Crippen LogP contribution >= 0.6 is 11.6 Å². The van der Waals surface area contributed by atoms with Crippen molar-refractivity contribution in [2.75, 3.05) is 38.0 Å². The molecule has 3 heterocycles. The Labute approximate surface area is 235 Å². The van der Waals surface area contributed by atoms with E-state index < -0.39 is 27.3 Å². The Morgan fingerprint density at radius 3 is 2.80 bits per heavy atom. The summed E-state index contributed by atoms with van der Waals surface area (Å²) in [6.07, 6.45) is 3.86. The van der Waals surface area contributed by atoms with E-state index in [2.05, 4.69) is 15.0 Å². The van der Waals surface area contributed by atoms with E-state index in [9.17, 15) is 22.9 Å². The van der Waals surface area contributed by atoms with Crippen LogP contribution in [0.1, 0.15) is 37.8 Å². The summed E-state index contributed by atoms with van der Waals surface area (Å²) >= 11 is 6.63. The number of nitriles is 1. The number of halogens is 2. The quantitative estimate of drug-likeness (QED) is 0.426. The molecule has 2 fully saturated rings. The van der Waals surface area contributed by atoms with E-state index in [0.717, 1.165) is 42.4 Å². The smallest absolute Gasteiger partial charge is 0.301 e. The molecule has 2 aliphatic heterocycles. The summed E-state index contributed by atoms with van der Waals surface area (Å²) < 4.78 is 56.7. The number of hydrogen-bond acceptors (Lipinski definition) is 8. The van der Waals surface area contributed by atoms with Gasteiger partial charge in [-0.25, -0.2) is 9.37 Å². The fourth-order valence-corrected chi connectivity index (χ4v) is 6.31. The molecule has 11 nitrogen and oxygen atoms in total. The molecule has 14 heteroatoms. The maximum atomic E-state index is 14.9. The van der Waals surface area contributed by atoms with Crippen LogP contribution in [0.3, 0.4) is 0 Å². The lowest BCUT2D eigenvalue weighted by Gasteiger charge is -2.32. The number of ether oxygens (including phenoxy) is 2. The number of nitrogens with one attached hydrogen (secondary N) is 2. The van der Waals surface area contributed by atoms with Crippen molar-refractivity contribution in [3.05, 3.63) is 57.3 Å². The molecular weight excluding hydrogens is 563 g/mol. The molecule has 2 aromatic carbocycles. The molecule has 0 saturated carbocycles. The van der Waals surface area contributed by atoms with Crippen molar-refractivity contribution in [1.82, 2.24) is 19.2 Å². The van der Waals surface area contributed by atoms with Gasteiger partial charge in [-0.15, -0.1) is 0 Å². The number of rotatable bonds is 7. The molecule has 0 radical (unpaired) electrons. The second-order valence-corrected chi connectivity index (χ2v) is 12.0. The third-order valence-corrected chi connectivity index (χ3v) is 9.41. The third-order valence-electron chi connectivity index (χ3n) is 7.48. The molecule has 2 N–H and O–H groups in total. The second-order valence-electron chi connectivity index (χ2n) is 9.86. The van der Waals surface area contributed by atoms with Crippen LogP contribution in [0, 0.1) is 17.1 Å². The largest absolute Gasteiger partial charge is 0.451 e. The van der Waals surface area contributed by atoms with Crippen molar-refractivity contribution in [3.8, 4) is 17.6 Å². The predicted octanol–water partition coefficient (Wildman–Crippen LogP) is 3.54. The molecular formula is C26H28ClFN6O5S. The number of piperidine rings is 1. The highest BCUT2D eigenvalue weighted by atomic mass is 35.5. The summed E-state index contributed by atoms with van der Waals surface area (Å²) in [7, 11) is -2.65. The molecule has 0 bridgehead atoms. The fraction of sp³-hybridized carbons (Fsp3) is 0.423. The Kier molecular flexibility index (Phi) is 7.73. The van der Waals surface area contributed by atoms with Gasteiger partial charge >= 0.3 is 10.2 Å². The van der Waals surface area contributed by atoms with Crippen LogP contribution in [0.5, 0.6) is 11.5 Å². The first-order chi connectivity index (χ1) is 19.1. The Morgan fingerprint density at radius 1 is 1.35 bits per heavy atom. The highest BCUT2D eigenvalue weighted by Crippen LogP contribution is 2.40. The fourth-order valence-electron chi connectivity index (χ4n) is 5.08. The average Bonchev–Trinajstić information content (AvgIpc) is 3.34. The highest BCUT2D eigenvalue weighted by Gasteiger charge is 2.42. The lowest BCUT2D eigenvalue weighted by Crippen LogP contribution is -2.41. The number of benzene rings is 2. The van der Waals surface area contributed by atoms with Crippen molar-refractivity contribution in [2.45, 2.75) is 37.8 Å². The Hall–Kier alpha value is -3.28. The van der Waals surface area contributed by atoms with E-state index in [0.29, 0.717) is 18.5 Å². The van der Waals surface area contributed by atoms with Crippen LogP contribution in [0.25, 0.3) is 10.9 Å². The molecule has 0 amide bonds. The predicted molar refractivity (Wildman–Crippen MR) is 147 cm³/mol. The van der Waals surface area contributed by atoms with E-state index in [1.54, 1.807) is 13.0 Å². The van der Waals surface area contributed by atoms with Crippen molar-refractivity contribution >= 4 is 38.4 Å². The van der Waals surface area contributed by atoms with E-state index in [-0.39, 0.29) is 45.6 Å². The third kappa shape index (κ3) is 5.13. The van der Waals surface area contributed by atoms with Crippen molar-refractivity contribution in [3.63, 3.8) is 0 Å². The molecule has 5 rings (SSSR count). The number of aromatic nitrogens is 2. The van der Waals surface area contributed by atoms with Crippen molar-refractivity contribution in [2.24, 2.45) is 0 Å². The maximum Gasteiger partial charge on any atom is 0.301 e. The van der Waals surface area contributed by atoms with Crippen LogP contribution in [-0.4, -0.2) is 61.2 Å². The van der Waals surface area contributed by atoms with Gasteiger partial charge in [-0.1, -0.05) is 18.5 Å². The van der Waals surface area contributed by atoms with Gasteiger partial charge < -0.3 is 14.8 Å². The first-order valence-corrected chi connectivity index (χ1v) is 14.6. The van der Waals surface area contributed by atoms with Gasteiger partial charge in [-0.3, -0.25) is 14.1 Å². The normalized spacial score (nSPS) is 18.8. The van der Waals surface area contributed by atoms with Gasteiger partial charge in [0.2, 0.25) is 0 Å². The monoisotopic (exact) mass is 590 g/mol. The number of hydrogen-bond donors (Lipinski definition) is 2. The summed E-state index contributed by atoms with van der Waals surface area (Å²) in [6.45, 7) is 3.88. The minimum absolute atomic E-state index is 0.0771. The van der Waals surface area contributed by atoms with E-state index in [1.807, 2.05) is 0 Å². The Balaban J connectivity index is 1.51. The van der Waals surface area contributed by atoms with Crippen LogP contribution < -0.4 is 20.3 Å². The summed E-state index contributed by atoms with van der Waals surface area (Å²) in [4.78, 5) is 18.0. The summed E-state index contributed by atoms with van der Waals surface area (Å²) in [6, 6.07) is 6.59. The summed E-state index contributed by atoms with van der Waals surface area (Å²) in [5, 5.41) is 13.1. The average molecular weight is 591 g/mol. The van der Waals surface area contributed by atoms with E-state index in [1.165, 1.54) is 30.1 Å². The van der Waals surface area contributed by atoms with E-state index in [4.69, 9.17) is 21.1 Å². The minimum Gasteiger partial charge on any atom is -0.451 e. The lowest BCUT2D eigenvalue weighted by atomic mass is 9.88. The molecule has 212 valence electrons. The van der Waals surface area contributed by atoms with Gasteiger partial charge in [-0.2, -0.15) is 18.0 Å².